The van der Waals surface area contributed by atoms with E-state index >= 15 is 0 Å². The topological polar surface area (TPSA) is 66.6 Å². The van der Waals surface area contributed by atoms with E-state index in [-0.39, 0.29) is 17.2 Å². The first kappa shape index (κ1) is 13.1. The van der Waals surface area contributed by atoms with Crippen molar-refractivity contribution in [2.75, 3.05) is 11.9 Å². The minimum atomic E-state index is -0.257. The molecule has 0 aliphatic rings. The number of nitrogens with two attached hydrogens (primary N) is 1. The summed E-state index contributed by atoms with van der Waals surface area (Å²) < 4.78 is 0. The van der Waals surface area contributed by atoms with Crippen LogP contribution in [-0.4, -0.2) is 18.1 Å². The molecule has 4 nitrogen and oxygen atoms in total. The minimum Gasteiger partial charge on any atom is -0.507 e. The number of para-hydroxylation sites is 1. The van der Waals surface area contributed by atoms with Crippen LogP contribution in [0.5, 0.6) is 5.75 Å². The highest BCUT2D eigenvalue weighted by molar-refractivity contribution is 6.07. The fraction of sp³-hybridized carbons (Fsp3) is 0.133. The Balaban J connectivity index is 2.31. The first-order valence-corrected chi connectivity index (χ1v) is 5.98. The number of anilines is 1. The third-order valence-corrected chi connectivity index (χ3v) is 2.97. The van der Waals surface area contributed by atoms with Crippen molar-refractivity contribution in [1.82, 2.24) is 0 Å². The van der Waals surface area contributed by atoms with Crippen LogP contribution in [0, 0.1) is 0 Å². The third-order valence-electron chi connectivity index (χ3n) is 2.97. The van der Waals surface area contributed by atoms with E-state index in [4.69, 9.17) is 5.73 Å². The molecule has 0 aliphatic heterocycles. The fourth-order valence-electron chi connectivity index (χ4n) is 1.84. The van der Waals surface area contributed by atoms with Crippen LogP contribution in [0.1, 0.15) is 15.9 Å². The Bertz CT molecular complexity index is 596. The lowest BCUT2D eigenvalue weighted by atomic mass is 10.1. The van der Waals surface area contributed by atoms with E-state index in [1.807, 2.05) is 24.3 Å². The molecule has 1 amide bonds. The van der Waals surface area contributed by atoms with Crippen LogP contribution in [0.25, 0.3) is 0 Å². The summed E-state index contributed by atoms with van der Waals surface area (Å²) in [6, 6.07) is 13.9. The average Bonchev–Trinajstić information content (AvgIpc) is 2.46. The molecule has 0 bridgehead atoms. The molecule has 2 aromatic carbocycles. The van der Waals surface area contributed by atoms with E-state index in [0.29, 0.717) is 6.54 Å². The van der Waals surface area contributed by atoms with Crippen molar-refractivity contribution in [2.24, 2.45) is 5.73 Å². The summed E-state index contributed by atoms with van der Waals surface area (Å²) in [5, 5.41) is 9.71. The standard InChI is InChI=1S/C15H16N2O2/c1-17(12-6-4-5-11(9-12)10-16)15(19)13-7-2-3-8-14(13)18/h2-9,18H,10,16H2,1H3. The van der Waals surface area contributed by atoms with E-state index in [0.717, 1.165) is 11.3 Å². The van der Waals surface area contributed by atoms with E-state index in [1.54, 1.807) is 25.2 Å². The Morgan fingerprint density at radius 3 is 2.63 bits per heavy atom. The number of amides is 1. The molecular weight excluding hydrogens is 240 g/mol. The molecule has 0 spiro atoms. The monoisotopic (exact) mass is 256 g/mol. The summed E-state index contributed by atoms with van der Waals surface area (Å²) in [5.41, 5.74) is 7.57. The van der Waals surface area contributed by atoms with Crippen LogP contribution in [0.2, 0.25) is 0 Å². The minimum absolute atomic E-state index is 0.0191. The molecule has 0 aliphatic carbocycles. The number of hydrogen-bond donors (Lipinski definition) is 2. The van der Waals surface area contributed by atoms with Crippen molar-refractivity contribution < 1.29 is 9.90 Å². The lowest BCUT2D eigenvalue weighted by molar-refractivity contribution is 0.0990. The smallest absolute Gasteiger partial charge is 0.261 e. The lowest BCUT2D eigenvalue weighted by Gasteiger charge is -2.18. The van der Waals surface area contributed by atoms with Crippen LogP contribution in [0.3, 0.4) is 0 Å². The quantitative estimate of drug-likeness (QED) is 0.884. The molecule has 0 saturated carbocycles. The van der Waals surface area contributed by atoms with Gasteiger partial charge in [0.05, 0.1) is 5.56 Å². The zero-order valence-electron chi connectivity index (χ0n) is 10.7. The van der Waals surface area contributed by atoms with Gasteiger partial charge in [-0.15, -0.1) is 0 Å². The summed E-state index contributed by atoms with van der Waals surface area (Å²) in [6.07, 6.45) is 0. The van der Waals surface area contributed by atoms with Gasteiger partial charge >= 0.3 is 0 Å². The van der Waals surface area contributed by atoms with Gasteiger partial charge in [0.1, 0.15) is 5.75 Å². The number of nitrogens with zero attached hydrogens (tertiary/aromatic N) is 1. The number of hydrogen-bond acceptors (Lipinski definition) is 3. The van der Waals surface area contributed by atoms with Gasteiger partial charge in [0.25, 0.3) is 5.91 Å². The number of phenols is 1. The van der Waals surface area contributed by atoms with Crippen LogP contribution in [-0.2, 0) is 6.54 Å². The Kier molecular flexibility index (Phi) is 3.82. The van der Waals surface area contributed by atoms with Crippen molar-refractivity contribution in [3.63, 3.8) is 0 Å². The molecule has 19 heavy (non-hydrogen) atoms. The van der Waals surface area contributed by atoms with Crippen LogP contribution < -0.4 is 10.6 Å². The number of aromatic hydroxyl groups is 1. The molecule has 98 valence electrons. The van der Waals surface area contributed by atoms with Gasteiger partial charge in [-0.05, 0) is 29.8 Å². The highest BCUT2D eigenvalue weighted by Gasteiger charge is 2.16. The average molecular weight is 256 g/mol. The van der Waals surface area contributed by atoms with Crippen molar-refractivity contribution in [2.45, 2.75) is 6.54 Å². The normalized spacial score (nSPS) is 10.2. The van der Waals surface area contributed by atoms with Gasteiger partial charge in [0.15, 0.2) is 0 Å². The number of carbonyl (C=O) groups excluding carboxylic acids is 1. The zero-order chi connectivity index (χ0) is 13.8. The van der Waals surface area contributed by atoms with Gasteiger partial charge in [0, 0.05) is 19.3 Å². The Hall–Kier alpha value is -2.33. The molecule has 2 aromatic rings. The van der Waals surface area contributed by atoms with Crippen LogP contribution >= 0.6 is 0 Å². The highest BCUT2D eigenvalue weighted by Crippen LogP contribution is 2.21. The maximum absolute atomic E-state index is 12.3. The first-order valence-electron chi connectivity index (χ1n) is 5.98. The fourth-order valence-corrected chi connectivity index (χ4v) is 1.84. The van der Waals surface area contributed by atoms with E-state index in [2.05, 4.69) is 0 Å². The van der Waals surface area contributed by atoms with E-state index < -0.39 is 0 Å². The predicted molar refractivity (Wildman–Crippen MR) is 75.2 cm³/mol. The molecule has 0 saturated heterocycles. The van der Waals surface area contributed by atoms with Gasteiger partial charge in [0.2, 0.25) is 0 Å². The molecule has 3 N–H and O–H groups in total. The van der Waals surface area contributed by atoms with Gasteiger partial charge < -0.3 is 15.7 Å². The van der Waals surface area contributed by atoms with Gasteiger partial charge in [-0.1, -0.05) is 24.3 Å². The second-order valence-corrected chi connectivity index (χ2v) is 4.26. The van der Waals surface area contributed by atoms with E-state index in [9.17, 15) is 9.90 Å². The molecular formula is C15H16N2O2. The molecule has 0 unspecified atom stereocenters. The summed E-state index contributed by atoms with van der Waals surface area (Å²) >= 11 is 0. The zero-order valence-corrected chi connectivity index (χ0v) is 10.7. The second kappa shape index (κ2) is 5.54. The van der Waals surface area contributed by atoms with Crippen molar-refractivity contribution in [1.29, 1.82) is 0 Å². The molecule has 0 atom stereocenters. The molecule has 2 rings (SSSR count). The van der Waals surface area contributed by atoms with Crippen molar-refractivity contribution >= 4 is 11.6 Å². The van der Waals surface area contributed by atoms with Crippen molar-refractivity contribution in [3.8, 4) is 5.75 Å². The van der Waals surface area contributed by atoms with Gasteiger partial charge in [-0.25, -0.2) is 0 Å². The first-order chi connectivity index (χ1) is 9.13. The van der Waals surface area contributed by atoms with Gasteiger partial charge in [-0.2, -0.15) is 0 Å². The van der Waals surface area contributed by atoms with Crippen LogP contribution in [0.15, 0.2) is 48.5 Å². The maximum Gasteiger partial charge on any atom is 0.261 e. The summed E-state index contributed by atoms with van der Waals surface area (Å²) in [7, 11) is 1.67. The number of benzene rings is 2. The summed E-state index contributed by atoms with van der Waals surface area (Å²) in [5.74, 6) is -0.276. The molecule has 0 radical (unpaired) electrons. The Labute approximate surface area is 112 Å². The number of phenolic OH excluding ortho intramolecular Hbond substituents is 1. The third kappa shape index (κ3) is 2.74. The van der Waals surface area contributed by atoms with Gasteiger partial charge in [-0.3, -0.25) is 4.79 Å². The molecule has 4 heteroatoms. The second-order valence-electron chi connectivity index (χ2n) is 4.26. The Morgan fingerprint density at radius 2 is 1.95 bits per heavy atom. The maximum atomic E-state index is 12.3. The van der Waals surface area contributed by atoms with E-state index in [1.165, 1.54) is 11.0 Å². The largest absolute Gasteiger partial charge is 0.507 e. The highest BCUT2D eigenvalue weighted by atomic mass is 16.3. The lowest BCUT2D eigenvalue weighted by Crippen LogP contribution is -2.26. The molecule has 0 fully saturated rings. The summed E-state index contributed by atoms with van der Waals surface area (Å²) in [4.78, 5) is 13.8. The predicted octanol–water partition coefficient (Wildman–Crippen LogP) is 2.13. The summed E-state index contributed by atoms with van der Waals surface area (Å²) in [6.45, 7) is 0.423. The number of rotatable bonds is 3. The molecule has 0 aromatic heterocycles. The Morgan fingerprint density at radius 1 is 1.21 bits per heavy atom. The molecule has 0 heterocycles. The SMILES string of the molecule is CN(C(=O)c1ccccc1O)c1cccc(CN)c1. The van der Waals surface area contributed by atoms with Crippen LogP contribution in [0.4, 0.5) is 5.69 Å². The van der Waals surface area contributed by atoms with Crippen molar-refractivity contribution in [3.05, 3.63) is 59.7 Å². The number of carbonyl (C=O) groups is 1.